The molecule has 0 atom stereocenters. The first-order chi connectivity index (χ1) is 19.5. The zero-order valence-electron chi connectivity index (χ0n) is 21.8. The fourth-order valence-corrected chi connectivity index (χ4v) is 5.22. The van der Waals surface area contributed by atoms with Gasteiger partial charge < -0.3 is 18.7 Å². The number of rotatable bonds is 11. The zero-order valence-corrected chi connectivity index (χ0v) is 22.7. The second-order valence-electron chi connectivity index (χ2n) is 8.46. The van der Waals surface area contributed by atoms with Crippen molar-refractivity contribution in [3.05, 3.63) is 35.2 Å². The molecule has 2 saturated heterocycles. The molecule has 2 fully saturated rings. The van der Waals surface area contributed by atoms with E-state index in [1.54, 1.807) is 13.8 Å². The van der Waals surface area contributed by atoms with Crippen molar-refractivity contribution in [2.24, 2.45) is 0 Å². The number of carbonyl (C=O) groups is 6. The van der Waals surface area contributed by atoms with E-state index in [-0.39, 0.29) is 73.4 Å². The highest BCUT2D eigenvalue weighted by atomic mass is 31.2. The van der Waals surface area contributed by atoms with Crippen molar-refractivity contribution in [1.82, 2.24) is 30.5 Å². The molecule has 0 bridgehead atoms. The molecule has 0 unspecified atom stereocenters. The van der Waals surface area contributed by atoms with E-state index in [4.69, 9.17) is 18.7 Å². The third-order valence-corrected chi connectivity index (χ3v) is 7.50. The van der Waals surface area contributed by atoms with Crippen LogP contribution in [0, 0.1) is 0 Å². The van der Waals surface area contributed by atoms with Crippen molar-refractivity contribution in [3.8, 4) is 11.4 Å². The molecule has 17 nitrogen and oxygen atoms in total. The minimum absolute atomic E-state index is 0.0195. The number of hydrogen-bond donors (Lipinski definition) is 0. The Labute approximate surface area is 231 Å². The molecule has 0 saturated carbocycles. The van der Waals surface area contributed by atoms with Crippen LogP contribution in [-0.4, -0.2) is 79.3 Å². The Morgan fingerprint density at radius 1 is 0.732 bits per heavy atom. The summed E-state index contributed by atoms with van der Waals surface area (Å²) in [7, 11) is -3.57. The van der Waals surface area contributed by atoms with E-state index < -0.39 is 43.2 Å². The second kappa shape index (κ2) is 12.4. The standard InChI is InChI=1S/C23H23N6O11P/c1-3-37-41(36,38-4-2)12-16-24-26-21(27-25-16)13-9-14(22(34)39-28-17(30)5-6-18(28)31)11-15(10-13)23(35)40-29-19(32)7-8-20(29)33/h9-11H,3-8,12H2,1-2H3. The van der Waals surface area contributed by atoms with Gasteiger partial charge in [0.1, 0.15) is 6.16 Å². The predicted molar refractivity (Wildman–Crippen MR) is 131 cm³/mol. The maximum absolute atomic E-state index is 12.9. The summed E-state index contributed by atoms with van der Waals surface area (Å²) in [5.74, 6) is -5.58. The first kappa shape index (κ1) is 29.5. The summed E-state index contributed by atoms with van der Waals surface area (Å²) < 4.78 is 23.2. The van der Waals surface area contributed by atoms with Crippen LogP contribution in [0.1, 0.15) is 66.1 Å². The molecular formula is C23H23N6O11P. The van der Waals surface area contributed by atoms with Gasteiger partial charge in [-0.15, -0.1) is 30.5 Å². The molecule has 0 spiro atoms. The molecule has 41 heavy (non-hydrogen) atoms. The summed E-state index contributed by atoms with van der Waals surface area (Å²) in [6, 6.07) is 3.33. The van der Waals surface area contributed by atoms with Crippen LogP contribution in [0.2, 0.25) is 0 Å². The van der Waals surface area contributed by atoms with Crippen LogP contribution in [0.15, 0.2) is 18.2 Å². The van der Waals surface area contributed by atoms with E-state index in [9.17, 15) is 33.3 Å². The van der Waals surface area contributed by atoms with Crippen LogP contribution in [0.25, 0.3) is 11.4 Å². The molecule has 2 aromatic rings. The summed E-state index contributed by atoms with van der Waals surface area (Å²) in [6.45, 7) is 3.50. The molecule has 0 aliphatic carbocycles. The van der Waals surface area contributed by atoms with Crippen LogP contribution in [0.3, 0.4) is 0 Å². The Hall–Kier alpha value is -4.47. The van der Waals surface area contributed by atoms with E-state index in [1.165, 1.54) is 12.1 Å². The lowest BCUT2D eigenvalue weighted by atomic mass is 10.1. The molecule has 1 aromatic carbocycles. The fraction of sp³-hybridized carbons (Fsp3) is 0.391. The Morgan fingerprint density at radius 2 is 1.15 bits per heavy atom. The van der Waals surface area contributed by atoms with Gasteiger partial charge in [0.05, 0.1) is 24.3 Å². The SMILES string of the molecule is CCOP(=O)(Cc1nnc(-c2cc(C(=O)ON3C(=O)CCC3=O)cc(C(=O)ON3C(=O)CCC3=O)c2)nn1)OCC. The van der Waals surface area contributed by atoms with Crippen molar-refractivity contribution in [1.29, 1.82) is 0 Å². The lowest BCUT2D eigenvalue weighted by molar-refractivity contribution is -0.173. The number of imide groups is 2. The Balaban J connectivity index is 1.65. The van der Waals surface area contributed by atoms with Crippen molar-refractivity contribution in [2.75, 3.05) is 13.2 Å². The fourth-order valence-electron chi connectivity index (χ4n) is 3.70. The van der Waals surface area contributed by atoms with Gasteiger partial charge in [0.15, 0.2) is 5.82 Å². The Kier molecular flexibility index (Phi) is 8.90. The quantitative estimate of drug-likeness (QED) is 0.265. The molecule has 0 radical (unpaired) electrons. The van der Waals surface area contributed by atoms with Gasteiger partial charge in [0, 0.05) is 31.2 Å². The number of hydrogen-bond acceptors (Lipinski definition) is 15. The highest BCUT2D eigenvalue weighted by Gasteiger charge is 2.35. The molecule has 4 amide bonds. The third-order valence-electron chi connectivity index (χ3n) is 5.53. The van der Waals surface area contributed by atoms with Gasteiger partial charge >= 0.3 is 19.5 Å². The Bertz CT molecular complexity index is 1350. The van der Waals surface area contributed by atoms with Gasteiger partial charge in [-0.05, 0) is 32.0 Å². The normalized spacial score (nSPS) is 15.6. The predicted octanol–water partition coefficient (Wildman–Crippen LogP) is 1.14. The van der Waals surface area contributed by atoms with Gasteiger partial charge in [-0.3, -0.25) is 23.7 Å². The molecular weight excluding hydrogens is 567 g/mol. The van der Waals surface area contributed by atoms with Crippen molar-refractivity contribution >= 4 is 43.2 Å². The summed E-state index contributed by atoms with van der Waals surface area (Å²) in [4.78, 5) is 83.2. The first-order valence-electron chi connectivity index (χ1n) is 12.3. The van der Waals surface area contributed by atoms with Gasteiger partial charge in [-0.25, -0.2) is 9.59 Å². The molecule has 2 aliphatic rings. The monoisotopic (exact) mass is 590 g/mol. The first-order valence-corrected chi connectivity index (χ1v) is 14.0. The number of benzene rings is 1. The van der Waals surface area contributed by atoms with E-state index in [1.807, 2.05) is 0 Å². The summed E-state index contributed by atoms with van der Waals surface area (Å²) in [5, 5.41) is 16.2. The molecule has 1 aromatic heterocycles. The topological polar surface area (TPSA) is 214 Å². The highest BCUT2D eigenvalue weighted by Crippen LogP contribution is 2.50. The van der Waals surface area contributed by atoms with Crippen molar-refractivity contribution < 1.29 is 52.1 Å². The minimum Gasteiger partial charge on any atom is -0.325 e. The van der Waals surface area contributed by atoms with Crippen molar-refractivity contribution in [2.45, 2.75) is 45.7 Å². The largest absolute Gasteiger partial charge is 0.363 e. The molecule has 2 aliphatic heterocycles. The van der Waals surface area contributed by atoms with E-state index in [0.717, 1.165) is 6.07 Å². The van der Waals surface area contributed by atoms with Gasteiger partial charge in [-0.2, -0.15) is 0 Å². The van der Waals surface area contributed by atoms with Gasteiger partial charge in [-0.1, -0.05) is 0 Å². The minimum atomic E-state index is -3.57. The smallest absolute Gasteiger partial charge is 0.325 e. The lowest BCUT2D eigenvalue weighted by Crippen LogP contribution is -2.33. The molecule has 4 rings (SSSR count). The van der Waals surface area contributed by atoms with Crippen LogP contribution in [0.4, 0.5) is 0 Å². The number of amides is 4. The number of aromatic nitrogens is 4. The maximum Gasteiger partial charge on any atom is 0.363 e. The third kappa shape index (κ3) is 6.82. The Morgan fingerprint density at radius 3 is 1.54 bits per heavy atom. The van der Waals surface area contributed by atoms with Gasteiger partial charge in [0.25, 0.3) is 23.6 Å². The van der Waals surface area contributed by atoms with Gasteiger partial charge in [0.2, 0.25) is 5.82 Å². The maximum atomic E-state index is 12.9. The molecule has 216 valence electrons. The van der Waals surface area contributed by atoms with Crippen molar-refractivity contribution in [3.63, 3.8) is 0 Å². The average Bonchev–Trinajstić information content (AvgIpc) is 3.43. The number of carbonyl (C=O) groups excluding carboxylic acids is 6. The summed E-state index contributed by atoms with van der Waals surface area (Å²) in [6.07, 6.45) is -0.886. The van der Waals surface area contributed by atoms with E-state index >= 15 is 0 Å². The molecule has 0 N–H and O–H groups in total. The number of hydroxylamine groups is 4. The van der Waals surface area contributed by atoms with E-state index in [0.29, 0.717) is 10.1 Å². The highest BCUT2D eigenvalue weighted by molar-refractivity contribution is 7.53. The van der Waals surface area contributed by atoms with Crippen LogP contribution < -0.4 is 0 Å². The molecule has 18 heteroatoms. The summed E-state index contributed by atoms with van der Waals surface area (Å²) >= 11 is 0. The van der Waals surface area contributed by atoms with Crippen LogP contribution >= 0.6 is 7.60 Å². The summed E-state index contributed by atoms with van der Waals surface area (Å²) in [5.41, 5.74) is -0.703. The lowest BCUT2D eigenvalue weighted by Gasteiger charge is -2.16. The number of nitrogens with zero attached hydrogens (tertiary/aromatic N) is 6. The van der Waals surface area contributed by atoms with E-state index in [2.05, 4.69) is 20.4 Å². The zero-order chi connectivity index (χ0) is 29.7. The molecule has 3 heterocycles. The van der Waals surface area contributed by atoms with Crippen LogP contribution in [-0.2, 0) is 48.6 Å². The van der Waals surface area contributed by atoms with Crippen LogP contribution in [0.5, 0.6) is 0 Å². The average molecular weight is 590 g/mol. The second-order valence-corrected chi connectivity index (χ2v) is 10.5.